The van der Waals surface area contributed by atoms with Gasteiger partial charge in [0.05, 0.1) is 30.1 Å². The Morgan fingerprint density at radius 1 is 1.06 bits per heavy atom. The van der Waals surface area contributed by atoms with Gasteiger partial charge in [0.1, 0.15) is 5.78 Å². The summed E-state index contributed by atoms with van der Waals surface area (Å²) in [5, 5.41) is 5.32. The fourth-order valence-corrected chi connectivity index (χ4v) is 5.13. The number of Topliss-reactive ketones (excluding diaryl/α,β-unsaturated/α-hetero) is 1. The molecule has 9 heteroatoms. The first-order chi connectivity index (χ1) is 17.2. The second kappa shape index (κ2) is 9.81. The maximum absolute atomic E-state index is 13.0. The molecule has 0 aliphatic carbocycles. The molecule has 4 heterocycles. The minimum absolute atomic E-state index is 0.0289. The molecule has 36 heavy (non-hydrogen) atoms. The first kappa shape index (κ1) is 24.1. The van der Waals surface area contributed by atoms with Gasteiger partial charge in [-0.25, -0.2) is 4.68 Å². The molecule has 1 aliphatic rings. The van der Waals surface area contributed by atoms with Crippen LogP contribution in [-0.4, -0.2) is 56.2 Å². The molecular formula is C27H26F3N5O. The van der Waals surface area contributed by atoms with Crippen molar-refractivity contribution in [2.75, 3.05) is 19.6 Å². The minimum Gasteiger partial charge on any atom is -0.299 e. The zero-order chi connectivity index (χ0) is 25.3. The smallest absolute Gasteiger partial charge is 0.299 e. The molecule has 2 atom stereocenters. The number of nitrogens with zero attached hydrogens (tertiary/aromatic N) is 5. The predicted octanol–water partition coefficient (Wildman–Crippen LogP) is 4.90. The zero-order valence-corrected chi connectivity index (χ0v) is 19.8. The lowest BCUT2D eigenvalue weighted by molar-refractivity contribution is -0.143. The van der Waals surface area contributed by atoms with Crippen molar-refractivity contribution in [3.8, 4) is 5.69 Å². The van der Waals surface area contributed by atoms with Crippen LogP contribution in [0.1, 0.15) is 29.3 Å². The van der Waals surface area contributed by atoms with E-state index in [4.69, 9.17) is 0 Å². The van der Waals surface area contributed by atoms with Crippen molar-refractivity contribution in [3.05, 3.63) is 84.1 Å². The lowest BCUT2D eigenvalue weighted by atomic mass is 9.85. The molecule has 1 saturated heterocycles. The highest BCUT2D eigenvalue weighted by atomic mass is 19.4. The Bertz CT molecular complexity index is 1370. The second-order valence-corrected chi connectivity index (χ2v) is 9.45. The Morgan fingerprint density at radius 2 is 1.86 bits per heavy atom. The highest BCUT2D eigenvalue weighted by Crippen LogP contribution is 2.36. The monoisotopic (exact) mass is 493 g/mol. The molecule has 1 aromatic carbocycles. The van der Waals surface area contributed by atoms with Gasteiger partial charge < -0.3 is 0 Å². The first-order valence-corrected chi connectivity index (χ1v) is 11.9. The van der Waals surface area contributed by atoms with Gasteiger partial charge in [-0.2, -0.15) is 18.3 Å². The van der Waals surface area contributed by atoms with Gasteiger partial charge in [0, 0.05) is 54.8 Å². The number of hydrogen-bond acceptors (Lipinski definition) is 5. The molecule has 0 amide bonds. The predicted molar refractivity (Wildman–Crippen MR) is 130 cm³/mol. The fraction of sp³-hybridized carbons (Fsp3) is 0.333. The van der Waals surface area contributed by atoms with Gasteiger partial charge in [0.15, 0.2) is 0 Å². The molecule has 5 rings (SSSR count). The molecule has 0 spiro atoms. The number of halogens is 3. The number of carbonyl (C=O) groups excluding carboxylic acids is 1. The van der Waals surface area contributed by atoms with Crippen molar-refractivity contribution in [2.45, 2.75) is 31.9 Å². The van der Waals surface area contributed by atoms with Crippen molar-refractivity contribution in [1.29, 1.82) is 0 Å². The van der Waals surface area contributed by atoms with Crippen molar-refractivity contribution >= 4 is 16.7 Å². The van der Waals surface area contributed by atoms with Crippen LogP contribution in [0.2, 0.25) is 0 Å². The lowest BCUT2D eigenvalue weighted by Gasteiger charge is -2.18. The Hall–Kier alpha value is -3.59. The molecule has 6 nitrogen and oxygen atoms in total. The maximum atomic E-state index is 13.0. The van der Waals surface area contributed by atoms with E-state index in [0.717, 1.165) is 27.8 Å². The molecule has 0 radical (unpaired) electrons. The SMILES string of the molecule is Cc1cc(-n2ncc3cc(CC(=O)C[C@H]4CN(CC(F)(F)F)C[C@@H]4c4ccccc4)ncc32)ccn1. The highest BCUT2D eigenvalue weighted by Gasteiger charge is 2.40. The number of hydrogen-bond donors (Lipinski definition) is 0. The van der Waals surface area contributed by atoms with E-state index in [1.54, 1.807) is 23.3 Å². The molecule has 186 valence electrons. The quantitative estimate of drug-likeness (QED) is 0.366. The third-order valence-corrected chi connectivity index (χ3v) is 6.65. The number of benzene rings is 1. The van der Waals surface area contributed by atoms with E-state index in [9.17, 15) is 18.0 Å². The summed E-state index contributed by atoms with van der Waals surface area (Å²) in [6.07, 6.45) is 1.24. The average Bonchev–Trinajstić information content (AvgIpc) is 3.42. The molecule has 4 aromatic rings. The summed E-state index contributed by atoms with van der Waals surface area (Å²) in [7, 11) is 0. The minimum atomic E-state index is -4.27. The fourth-order valence-electron chi connectivity index (χ4n) is 5.13. The number of rotatable bonds is 7. The summed E-state index contributed by atoms with van der Waals surface area (Å²) in [6.45, 7) is 1.49. The summed E-state index contributed by atoms with van der Waals surface area (Å²) in [4.78, 5) is 23.1. The van der Waals surface area contributed by atoms with Gasteiger partial charge in [-0.15, -0.1) is 0 Å². The van der Waals surface area contributed by atoms with Crippen LogP contribution in [0.4, 0.5) is 13.2 Å². The number of likely N-dealkylation sites (tertiary alicyclic amines) is 1. The molecule has 3 aromatic heterocycles. The van der Waals surface area contributed by atoms with E-state index in [2.05, 4.69) is 15.1 Å². The van der Waals surface area contributed by atoms with Gasteiger partial charge in [-0.05, 0) is 36.6 Å². The highest BCUT2D eigenvalue weighted by molar-refractivity contribution is 5.84. The third kappa shape index (κ3) is 5.46. The Kier molecular flexibility index (Phi) is 6.57. The second-order valence-electron chi connectivity index (χ2n) is 9.45. The third-order valence-electron chi connectivity index (χ3n) is 6.65. The van der Waals surface area contributed by atoms with E-state index in [-0.39, 0.29) is 37.0 Å². The van der Waals surface area contributed by atoms with Crippen LogP contribution in [0, 0.1) is 12.8 Å². The number of alkyl halides is 3. The van der Waals surface area contributed by atoms with Crippen LogP contribution in [0.3, 0.4) is 0 Å². The molecule has 0 bridgehead atoms. The lowest BCUT2D eigenvalue weighted by Crippen LogP contribution is -2.32. The number of ketones is 1. The largest absolute Gasteiger partial charge is 0.401 e. The molecule has 0 N–H and O–H groups in total. The van der Waals surface area contributed by atoms with Crippen LogP contribution >= 0.6 is 0 Å². The van der Waals surface area contributed by atoms with E-state index in [1.165, 1.54) is 4.90 Å². The summed E-state index contributed by atoms with van der Waals surface area (Å²) in [6, 6.07) is 15.1. The normalized spacial score (nSPS) is 18.7. The van der Waals surface area contributed by atoms with Crippen LogP contribution in [0.5, 0.6) is 0 Å². The summed E-state index contributed by atoms with van der Waals surface area (Å²) in [5.74, 6) is -0.322. The molecule has 1 aliphatic heterocycles. The molecule has 0 saturated carbocycles. The number of aromatic nitrogens is 4. The van der Waals surface area contributed by atoms with Gasteiger partial charge in [0.25, 0.3) is 0 Å². The van der Waals surface area contributed by atoms with Crippen LogP contribution < -0.4 is 0 Å². The number of pyridine rings is 2. The van der Waals surface area contributed by atoms with E-state index < -0.39 is 12.7 Å². The summed E-state index contributed by atoms with van der Waals surface area (Å²) >= 11 is 0. The van der Waals surface area contributed by atoms with Gasteiger partial charge in [-0.3, -0.25) is 19.7 Å². The molecule has 1 fully saturated rings. The Morgan fingerprint density at radius 3 is 2.61 bits per heavy atom. The zero-order valence-electron chi connectivity index (χ0n) is 19.8. The first-order valence-electron chi connectivity index (χ1n) is 11.9. The summed E-state index contributed by atoms with van der Waals surface area (Å²) in [5.41, 5.74) is 4.16. The van der Waals surface area contributed by atoms with E-state index in [0.29, 0.717) is 12.2 Å². The van der Waals surface area contributed by atoms with Crippen LogP contribution in [0.15, 0.2) is 67.1 Å². The van der Waals surface area contributed by atoms with Crippen LogP contribution in [0.25, 0.3) is 16.6 Å². The van der Waals surface area contributed by atoms with Gasteiger partial charge >= 0.3 is 6.18 Å². The Labute approximate surface area is 206 Å². The van der Waals surface area contributed by atoms with Crippen molar-refractivity contribution in [3.63, 3.8) is 0 Å². The maximum Gasteiger partial charge on any atom is 0.401 e. The van der Waals surface area contributed by atoms with Crippen molar-refractivity contribution in [2.24, 2.45) is 5.92 Å². The summed E-state index contributed by atoms with van der Waals surface area (Å²) < 4.78 is 40.9. The number of aryl methyl sites for hydroxylation is 1. The standard InChI is InChI=1S/C27H26F3N5O/c1-18-9-23(7-8-31-18)35-26-14-32-22(10-20(26)13-33-35)12-24(36)11-21-15-34(17-27(28,29)30)16-25(21)19-5-3-2-4-6-19/h2-10,13-14,21,25H,11-12,15-17H2,1H3/t21-,25+/m0/s1. The topological polar surface area (TPSA) is 63.9 Å². The van der Waals surface area contributed by atoms with Gasteiger partial charge in [0.2, 0.25) is 0 Å². The van der Waals surface area contributed by atoms with E-state index >= 15 is 0 Å². The van der Waals surface area contributed by atoms with Crippen molar-refractivity contribution in [1.82, 2.24) is 24.6 Å². The van der Waals surface area contributed by atoms with Gasteiger partial charge in [-0.1, -0.05) is 30.3 Å². The molecule has 0 unspecified atom stereocenters. The van der Waals surface area contributed by atoms with Crippen LogP contribution in [-0.2, 0) is 11.2 Å². The average molecular weight is 494 g/mol. The number of carbonyl (C=O) groups is 1. The Balaban J connectivity index is 1.30. The van der Waals surface area contributed by atoms with Crippen molar-refractivity contribution < 1.29 is 18.0 Å². The molecular weight excluding hydrogens is 467 g/mol. The van der Waals surface area contributed by atoms with E-state index in [1.807, 2.05) is 55.5 Å². The number of fused-ring (bicyclic) bond motifs is 1.